The van der Waals surface area contributed by atoms with Crippen molar-refractivity contribution in [2.75, 3.05) is 0 Å². The molecule has 0 aliphatic carbocycles. The molecule has 0 saturated heterocycles. The molecule has 18 heavy (non-hydrogen) atoms. The Labute approximate surface area is 107 Å². The molecule has 2 aromatic heterocycles. The van der Waals surface area contributed by atoms with E-state index in [0.29, 0.717) is 16.7 Å². The summed E-state index contributed by atoms with van der Waals surface area (Å²) in [5.41, 5.74) is 2.93. The molecule has 3 N–H and O–H groups in total. The van der Waals surface area contributed by atoms with E-state index in [0.717, 1.165) is 5.56 Å². The maximum atomic E-state index is 11.3. The molecule has 9 heteroatoms. The lowest BCUT2D eigenvalue weighted by atomic mass is 10.3. The second-order valence-electron chi connectivity index (χ2n) is 3.54. The van der Waals surface area contributed by atoms with E-state index in [1.165, 1.54) is 11.8 Å². The first-order valence-corrected chi connectivity index (χ1v) is 6.05. The van der Waals surface area contributed by atoms with Crippen molar-refractivity contribution < 1.29 is 9.21 Å². The Morgan fingerprint density at radius 1 is 1.67 bits per heavy atom. The van der Waals surface area contributed by atoms with E-state index in [9.17, 15) is 4.79 Å². The summed E-state index contributed by atoms with van der Waals surface area (Å²) < 4.78 is 6.88. The van der Waals surface area contributed by atoms with Gasteiger partial charge in [-0.2, -0.15) is 0 Å². The fraction of sp³-hybridized carbons (Fsp3) is 0.333. The maximum Gasteiger partial charge on any atom is 0.300 e. The molecule has 0 aliphatic rings. The van der Waals surface area contributed by atoms with Gasteiger partial charge in [0.05, 0.1) is 0 Å². The molecular weight excluding hydrogens is 256 g/mol. The molecule has 0 radical (unpaired) electrons. The minimum absolute atomic E-state index is 0.196. The third kappa shape index (κ3) is 2.51. The highest BCUT2D eigenvalue weighted by Gasteiger charge is 2.14. The van der Waals surface area contributed by atoms with Gasteiger partial charge in [0.2, 0.25) is 5.16 Å². The number of carbonyl (C=O) groups is 1. The van der Waals surface area contributed by atoms with Crippen LogP contribution in [0.25, 0.3) is 0 Å². The van der Waals surface area contributed by atoms with Crippen molar-refractivity contribution in [3.05, 3.63) is 23.2 Å². The molecule has 0 saturated carbocycles. The molecule has 2 rings (SSSR count). The van der Waals surface area contributed by atoms with Gasteiger partial charge in [0, 0.05) is 18.4 Å². The van der Waals surface area contributed by atoms with Crippen LogP contribution in [-0.4, -0.2) is 26.1 Å². The number of furan rings is 1. The summed E-state index contributed by atoms with van der Waals surface area (Å²) in [6.07, 6.45) is 0. The molecule has 8 nitrogen and oxygen atoms in total. The molecule has 0 spiro atoms. The molecule has 0 aromatic carbocycles. The van der Waals surface area contributed by atoms with E-state index < -0.39 is 5.91 Å². The number of nitrogens with two attached hydrogens (primary N) is 1. The van der Waals surface area contributed by atoms with Gasteiger partial charge < -0.3 is 4.42 Å². The maximum absolute atomic E-state index is 11.3. The van der Waals surface area contributed by atoms with Gasteiger partial charge in [-0.1, -0.05) is 11.8 Å². The molecule has 0 fully saturated rings. The molecule has 2 aromatic rings. The van der Waals surface area contributed by atoms with Gasteiger partial charge in [-0.05, 0) is 23.4 Å². The number of nitrogen functional groups attached to an aromatic ring is 1. The van der Waals surface area contributed by atoms with E-state index in [4.69, 9.17) is 10.3 Å². The fourth-order valence-electron chi connectivity index (χ4n) is 1.33. The van der Waals surface area contributed by atoms with Crippen LogP contribution in [0.1, 0.15) is 21.9 Å². The summed E-state index contributed by atoms with van der Waals surface area (Å²) in [5, 5.41) is 11.8. The fourth-order valence-corrected chi connectivity index (χ4v) is 2.22. The van der Waals surface area contributed by atoms with E-state index in [1.807, 2.05) is 5.43 Å². The van der Waals surface area contributed by atoms with Gasteiger partial charge >= 0.3 is 5.91 Å². The quantitative estimate of drug-likeness (QED) is 0.347. The number of hydrogen-bond donors (Lipinski definition) is 2. The number of hydrazine groups is 1. The summed E-state index contributed by atoms with van der Waals surface area (Å²) in [5.74, 6) is 6.08. The molecule has 0 unspecified atom stereocenters. The van der Waals surface area contributed by atoms with Crippen LogP contribution >= 0.6 is 11.8 Å². The number of aryl methyl sites for hydroxylation is 2. The van der Waals surface area contributed by atoms with Crippen molar-refractivity contribution in [1.29, 1.82) is 0 Å². The van der Waals surface area contributed by atoms with Gasteiger partial charge in [-0.15, -0.1) is 5.10 Å². The van der Waals surface area contributed by atoms with Crippen LogP contribution in [0.3, 0.4) is 0 Å². The molecule has 0 aliphatic heterocycles. The number of hydrogen-bond acceptors (Lipinski definition) is 7. The average Bonchev–Trinajstić information content (AvgIpc) is 2.92. The monoisotopic (exact) mass is 268 g/mol. The summed E-state index contributed by atoms with van der Waals surface area (Å²) in [4.78, 5) is 11.3. The number of thioether (sulfide) groups is 1. The van der Waals surface area contributed by atoms with Crippen molar-refractivity contribution in [2.45, 2.75) is 17.8 Å². The third-order valence-corrected chi connectivity index (χ3v) is 3.37. The predicted octanol–water partition coefficient (Wildman–Crippen LogP) is 0.00732. The van der Waals surface area contributed by atoms with Crippen LogP contribution in [-0.2, 0) is 12.8 Å². The van der Waals surface area contributed by atoms with E-state index in [-0.39, 0.29) is 5.76 Å². The first kappa shape index (κ1) is 12.6. The zero-order valence-electron chi connectivity index (χ0n) is 9.88. The molecule has 96 valence electrons. The van der Waals surface area contributed by atoms with E-state index in [1.54, 1.807) is 24.7 Å². The minimum atomic E-state index is -0.449. The van der Waals surface area contributed by atoms with Gasteiger partial charge in [-0.3, -0.25) is 10.2 Å². The minimum Gasteiger partial charge on any atom is -0.456 e. The Morgan fingerprint density at radius 2 is 2.44 bits per heavy atom. The zero-order valence-corrected chi connectivity index (χ0v) is 10.7. The lowest BCUT2D eigenvalue weighted by Gasteiger charge is -1.97. The third-order valence-electron chi connectivity index (χ3n) is 2.31. The molecule has 1 amide bonds. The Bertz CT molecular complexity index is 563. The number of rotatable bonds is 4. The Balaban J connectivity index is 2.08. The van der Waals surface area contributed by atoms with E-state index in [2.05, 4.69) is 15.5 Å². The second kappa shape index (κ2) is 5.19. The highest BCUT2D eigenvalue weighted by molar-refractivity contribution is 7.98. The van der Waals surface area contributed by atoms with Crippen LogP contribution in [0, 0.1) is 6.92 Å². The number of nitrogens with zero attached hydrogens (tertiary/aromatic N) is 4. The first-order valence-electron chi connectivity index (χ1n) is 5.07. The molecular formula is C9H12N6O2S. The number of tetrazole rings is 1. The summed E-state index contributed by atoms with van der Waals surface area (Å²) in [7, 11) is 1.76. The van der Waals surface area contributed by atoms with Gasteiger partial charge in [0.1, 0.15) is 5.76 Å². The summed E-state index contributed by atoms with van der Waals surface area (Å²) >= 11 is 1.46. The molecule has 2 heterocycles. The lowest BCUT2D eigenvalue weighted by Crippen LogP contribution is -2.29. The Morgan fingerprint density at radius 3 is 3.06 bits per heavy atom. The topological polar surface area (TPSA) is 112 Å². The lowest BCUT2D eigenvalue weighted by molar-refractivity contribution is 0.0924. The second-order valence-corrected chi connectivity index (χ2v) is 4.48. The van der Waals surface area contributed by atoms with Gasteiger partial charge in [0.15, 0.2) is 5.76 Å². The summed E-state index contributed by atoms with van der Waals surface area (Å²) in [6.45, 7) is 1.79. The highest BCUT2D eigenvalue weighted by atomic mass is 32.2. The zero-order chi connectivity index (χ0) is 13.1. The van der Waals surface area contributed by atoms with Crippen molar-refractivity contribution >= 4 is 17.7 Å². The number of nitrogens with one attached hydrogen (secondary N) is 1. The predicted molar refractivity (Wildman–Crippen MR) is 63.5 cm³/mol. The van der Waals surface area contributed by atoms with Gasteiger partial charge in [0.25, 0.3) is 0 Å². The van der Waals surface area contributed by atoms with Crippen LogP contribution in [0.4, 0.5) is 0 Å². The van der Waals surface area contributed by atoms with Gasteiger partial charge in [-0.25, -0.2) is 10.5 Å². The van der Waals surface area contributed by atoms with Crippen LogP contribution in [0.2, 0.25) is 0 Å². The SMILES string of the molecule is Cc1oc(C(=O)NN)cc1CSc1nnnn1C. The van der Waals surface area contributed by atoms with E-state index >= 15 is 0 Å². The molecule has 0 atom stereocenters. The van der Waals surface area contributed by atoms with Crippen molar-refractivity contribution in [3.63, 3.8) is 0 Å². The average molecular weight is 268 g/mol. The van der Waals surface area contributed by atoms with Crippen LogP contribution in [0.15, 0.2) is 15.6 Å². The van der Waals surface area contributed by atoms with Crippen molar-refractivity contribution in [3.8, 4) is 0 Å². The Kier molecular flexibility index (Phi) is 3.63. The highest BCUT2D eigenvalue weighted by Crippen LogP contribution is 2.23. The summed E-state index contributed by atoms with van der Waals surface area (Å²) in [6, 6.07) is 1.66. The standard InChI is InChI=1S/C9H12N6O2S/c1-5-6(3-7(17-5)8(16)11-10)4-18-9-12-13-14-15(9)2/h3H,4,10H2,1-2H3,(H,11,16). The number of amides is 1. The smallest absolute Gasteiger partial charge is 0.300 e. The first-order chi connectivity index (χ1) is 8.61. The van der Waals surface area contributed by atoms with Crippen molar-refractivity contribution in [1.82, 2.24) is 25.6 Å². The molecule has 0 bridgehead atoms. The van der Waals surface area contributed by atoms with Crippen LogP contribution < -0.4 is 11.3 Å². The number of carbonyl (C=O) groups excluding carboxylic acids is 1. The Hall–Kier alpha value is -1.87. The van der Waals surface area contributed by atoms with Crippen LogP contribution in [0.5, 0.6) is 0 Å². The largest absolute Gasteiger partial charge is 0.456 e. The van der Waals surface area contributed by atoms with Crippen molar-refractivity contribution in [2.24, 2.45) is 12.9 Å². The number of aromatic nitrogens is 4. The normalized spacial score (nSPS) is 10.6.